The summed E-state index contributed by atoms with van der Waals surface area (Å²) < 4.78 is 24.9. The second-order valence-electron chi connectivity index (χ2n) is 5.29. The number of halogens is 2. The number of carbonyl (C=O) groups excluding carboxylic acids is 1. The van der Waals surface area contributed by atoms with Crippen LogP contribution in [0.25, 0.3) is 0 Å². The van der Waals surface area contributed by atoms with E-state index in [2.05, 4.69) is 5.32 Å². The van der Waals surface area contributed by atoms with Gasteiger partial charge in [0, 0.05) is 34.9 Å². The highest BCUT2D eigenvalue weighted by molar-refractivity contribution is 7.10. The van der Waals surface area contributed by atoms with Crippen molar-refractivity contribution in [3.8, 4) is 0 Å². The molecule has 22 heavy (non-hydrogen) atoms. The van der Waals surface area contributed by atoms with Gasteiger partial charge in [0.05, 0.1) is 0 Å². The molecule has 2 nitrogen and oxygen atoms in total. The van der Waals surface area contributed by atoms with Crippen molar-refractivity contribution < 1.29 is 13.6 Å². The first-order valence-electron chi connectivity index (χ1n) is 7.14. The predicted molar refractivity (Wildman–Crippen MR) is 85.7 cm³/mol. The monoisotopic (exact) mass is 323 g/mol. The van der Waals surface area contributed by atoms with Gasteiger partial charge in [-0.2, -0.15) is 0 Å². The summed E-state index contributed by atoms with van der Waals surface area (Å²) in [6, 6.07) is 7.76. The second kappa shape index (κ2) is 7.11. The van der Waals surface area contributed by atoms with E-state index in [1.807, 2.05) is 5.38 Å². The number of Topliss-reactive ketones (excluding diaryl/α,β-unsaturated/α-hetero) is 1. The molecule has 1 aliphatic rings. The number of rotatable bonds is 2. The van der Waals surface area contributed by atoms with Crippen LogP contribution in [-0.2, 0) is 18.9 Å². The largest absolute Gasteiger partial charge is 0.312 e. The summed E-state index contributed by atoms with van der Waals surface area (Å²) in [4.78, 5) is 12.5. The van der Waals surface area contributed by atoms with Gasteiger partial charge in [0.1, 0.15) is 0 Å². The lowest BCUT2D eigenvalue weighted by Crippen LogP contribution is -2.23. The van der Waals surface area contributed by atoms with Crippen LogP contribution in [0, 0.1) is 0 Å². The molecule has 0 spiro atoms. The van der Waals surface area contributed by atoms with Gasteiger partial charge in [-0.3, -0.25) is 4.79 Å². The van der Waals surface area contributed by atoms with Crippen molar-refractivity contribution in [2.24, 2.45) is 0 Å². The van der Waals surface area contributed by atoms with E-state index in [1.165, 1.54) is 22.6 Å². The summed E-state index contributed by atoms with van der Waals surface area (Å²) in [5.41, 5.74) is 2.29. The normalized spacial score (nSPS) is 13.8. The van der Waals surface area contributed by atoms with Crippen LogP contribution in [0.5, 0.6) is 0 Å². The Morgan fingerprint density at radius 1 is 1.27 bits per heavy atom. The van der Waals surface area contributed by atoms with Crippen LogP contribution in [-0.4, -0.2) is 12.3 Å². The molecule has 1 N–H and O–H groups in total. The minimum absolute atomic E-state index is 0.0648. The molecular formula is C17H19F2NOS. The SMILES string of the molecule is CC(=O)c1csc2c1CCNC2.CC(F)(F)c1ccccc1. The lowest BCUT2D eigenvalue weighted by molar-refractivity contribution is 0.0175. The number of carbonyl (C=O) groups is 1. The van der Waals surface area contributed by atoms with E-state index in [-0.39, 0.29) is 11.3 Å². The molecule has 0 fully saturated rings. The number of ketones is 1. The molecule has 0 saturated heterocycles. The van der Waals surface area contributed by atoms with Gasteiger partial charge >= 0.3 is 0 Å². The number of fused-ring (bicyclic) bond motifs is 1. The fourth-order valence-electron chi connectivity index (χ4n) is 2.29. The van der Waals surface area contributed by atoms with E-state index in [1.54, 1.807) is 36.5 Å². The fourth-order valence-corrected chi connectivity index (χ4v) is 3.39. The Balaban J connectivity index is 0.000000164. The van der Waals surface area contributed by atoms with E-state index in [0.717, 1.165) is 32.0 Å². The molecule has 118 valence electrons. The number of benzene rings is 1. The van der Waals surface area contributed by atoms with E-state index in [4.69, 9.17) is 0 Å². The number of hydrogen-bond acceptors (Lipinski definition) is 3. The van der Waals surface area contributed by atoms with Crippen molar-refractivity contribution >= 4 is 17.1 Å². The molecule has 2 heterocycles. The van der Waals surface area contributed by atoms with Crippen molar-refractivity contribution in [3.05, 3.63) is 57.3 Å². The molecule has 3 rings (SSSR count). The van der Waals surface area contributed by atoms with E-state index in [9.17, 15) is 13.6 Å². The van der Waals surface area contributed by atoms with Gasteiger partial charge in [-0.25, -0.2) is 8.78 Å². The number of nitrogens with one attached hydrogen (secondary N) is 1. The molecule has 1 aromatic heterocycles. The van der Waals surface area contributed by atoms with Crippen molar-refractivity contribution in [1.82, 2.24) is 5.32 Å². The van der Waals surface area contributed by atoms with Crippen LogP contribution >= 0.6 is 11.3 Å². The van der Waals surface area contributed by atoms with Crippen molar-refractivity contribution in [3.63, 3.8) is 0 Å². The van der Waals surface area contributed by atoms with Crippen molar-refractivity contribution in [1.29, 1.82) is 0 Å². The number of hydrogen-bond donors (Lipinski definition) is 1. The van der Waals surface area contributed by atoms with Crippen molar-refractivity contribution in [2.45, 2.75) is 32.7 Å². The molecule has 0 atom stereocenters. The highest BCUT2D eigenvalue weighted by Gasteiger charge is 2.22. The summed E-state index contributed by atoms with van der Waals surface area (Å²) in [6.45, 7) is 4.48. The van der Waals surface area contributed by atoms with E-state index >= 15 is 0 Å². The zero-order chi connectivity index (χ0) is 16.2. The first kappa shape index (κ1) is 16.8. The molecule has 0 bridgehead atoms. The Morgan fingerprint density at radius 2 is 1.95 bits per heavy atom. The maximum Gasteiger partial charge on any atom is 0.270 e. The topological polar surface area (TPSA) is 29.1 Å². The summed E-state index contributed by atoms with van der Waals surface area (Å²) in [6.07, 6.45) is 1.01. The smallest absolute Gasteiger partial charge is 0.270 e. The third kappa shape index (κ3) is 4.21. The Kier molecular flexibility index (Phi) is 5.42. The Hall–Kier alpha value is -1.59. The molecule has 2 aromatic rings. The first-order chi connectivity index (χ1) is 10.4. The van der Waals surface area contributed by atoms with Crippen molar-refractivity contribution in [2.75, 3.05) is 6.54 Å². The van der Waals surface area contributed by atoms with Crippen LogP contribution in [0.3, 0.4) is 0 Å². The minimum Gasteiger partial charge on any atom is -0.312 e. The van der Waals surface area contributed by atoms with Crippen LogP contribution in [0.4, 0.5) is 8.78 Å². The molecule has 5 heteroatoms. The minimum atomic E-state index is -2.71. The first-order valence-corrected chi connectivity index (χ1v) is 8.02. The highest BCUT2D eigenvalue weighted by Crippen LogP contribution is 2.26. The molecular weight excluding hydrogens is 304 g/mol. The average molecular weight is 323 g/mol. The van der Waals surface area contributed by atoms with E-state index < -0.39 is 5.92 Å². The summed E-state index contributed by atoms with van der Waals surface area (Å²) in [7, 11) is 0. The van der Waals surface area contributed by atoms with Crippen LogP contribution in [0.1, 0.15) is 40.2 Å². The summed E-state index contributed by atoms with van der Waals surface area (Å²) >= 11 is 1.70. The van der Waals surface area contributed by atoms with Gasteiger partial charge in [0.2, 0.25) is 0 Å². The Morgan fingerprint density at radius 3 is 2.50 bits per heavy atom. The maximum absolute atomic E-state index is 12.5. The van der Waals surface area contributed by atoms with E-state index in [0.29, 0.717) is 0 Å². The third-order valence-electron chi connectivity index (χ3n) is 3.48. The zero-order valence-corrected chi connectivity index (χ0v) is 13.5. The van der Waals surface area contributed by atoms with Gasteiger partial charge in [-0.05, 0) is 25.5 Å². The molecule has 0 aliphatic carbocycles. The molecule has 0 saturated carbocycles. The Bertz CT molecular complexity index is 632. The lowest BCUT2D eigenvalue weighted by atomic mass is 10.0. The molecule has 1 aliphatic heterocycles. The summed E-state index contributed by atoms with van der Waals surface area (Å²) in [5.74, 6) is -2.50. The zero-order valence-electron chi connectivity index (χ0n) is 12.7. The Labute approximate surface area is 133 Å². The van der Waals surface area contributed by atoms with Crippen LogP contribution in [0.2, 0.25) is 0 Å². The lowest BCUT2D eigenvalue weighted by Gasteiger charge is -2.13. The molecule has 0 radical (unpaired) electrons. The van der Waals surface area contributed by atoms with Gasteiger partial charge in [-0.15, -0.1) is 11.3 Å². The van der Waals surface area contributed by atoms with Crippen LogP contribution in [0.15, 0.2) is 35.7 Å². The fraction of sp³-hybridized carbons (Fsp3) is 0.353. The number of thiophene rings is 1. The van der Waals surface area contributed by atoms with Gasteiger partial charge in [-0.1, -0.05) is 30.3 Å². The van der Waals surface area contributed by atoms with Gasteiger partial charge < -0.3 is 5.32 Å². The number of alkyl halides is 2. The second-order valence-corrected chi connectivity index (χ2v) is 6.25. The highest BCUT2D eigenvalue weighted by atomic mass is 32.1. The van der Waals surface area contributed by atoms with Gasteiger partial charge in [0.25, 0.3) is 5.92 Å². The molecule has 0 unspecified atom stereocenters. The predicted octanol–water partition coefficient (Wildman–Crippen LogP) is 4.39. The van der Waals surface area contributed by atoms with Crippen LogP contribution < -0.4 is 5.32 Å². The quantitative estimate of drug-likeness (QED) is 0.830. The molecule has 1 aromatic carbocycles. The van der Waals surface area contributed by atoms with Gasteiger partial charge in [0.15, 0.2) is 5.78 Å². The standard InChI is InChI=1S/C9H11NOS.C8H8F2/c1-6(11)8-5-12-9-4-10-3-2-7(8)9;1-8(9,10)7-5-3-2-4-6-7/h5,10H,2-4H2,1H3;2-6H,1H3. The summed E-state index contributed by atoms with van der Waals surface area (Å²) in [5, 5.41) is 5.28. The molecule has 0 amide bonds. The maximum atomic E-state index is 12.5. The average Bonchev–Trinajstić information content (AvgIpc) is 2.92. The third-order valence-corrected chi connectivity index (χ3v) is 4.51.